The van der Waals surface area contributed by atoms with Gasteiger partial charge < -0.3 is 15.4 Å². The van der Waals surface area contributed by atoms with Gasteiger partial charge in [-0.3, -0.25) is 4.79 Å². The molecule has 0 aliphatic rings. The molecule has 1 aromatic carbocycles. The Hall–Kier alpha value is -2.84. The maximum Gasteiger partial charge on any atom is 0.266 e. The number of anilines is 2. The lowest BCUT2D eigenvalue weighted by Gasteiger charge is -2.16. The molecule has 0 aliphatic heterocycles. The minimum Gasteiger partial charge on any atom is -0.479 e. The molecule has 0 bridgehead atoms. The first-order valence-corrected chi connectivity index (χ1v) is 9.13. The first-order valence-electron chi connectivity index (χ1n) is 8.37. The Balaban J connectivity index is 1.79. The Morgan fingerprint density at radius 1 is 1.25 bits per heavy atom. The molecule has 0 spiro atoms. The molecule has 0 saturated heterocycles. The molecule has 0 saturated carbocycles. The number of ether oxygens (including phenoxy) is 1. The number of aromatic nitrogens is 4. The zero-order valence-corrected chi connectivity index (χ0v) is 16.9. The van der Waals surface area contributed by atoms with Crippen molar-refractivity contribution in [2.45, 2.75) is 20.0 Å². The fraction of sp³-hybridized carbons (Fsp3) is 0.222. The van der Waals surface area contributed by atoms with Crippen LogP contribution in [0.5, 0.6) is 5.75 Å². The van der Waals surface area contributed by atoms with E-state index in [1.807, 2.05) is 6.92 Å². The normalized spacial score (nSPS) is 11.8. The van der Waals surface area contributed by atoms with Crippen LogP contribution >= 0.6 is 23.2 Å². The summed E-state index contributed by atoms with van der Waals surface area (Å²) in [5, 5.41) is 10.7. The SMILES string of the molecule is CNc1cc(-n2nc(C)cc2NC(=O)[C@H](C)Oc2cccc(Cl)c2Cl)ncn1. The number of benzene rings is 1. The van der Waals surface area contributed by atoms with Crippen LogP contribution in [0, 0.1) is 6.92 Å². The van der Waals surface area contributed by atoms with Gasteiger partial charge in [0.25, 0.3) is 5.91 Å². The molecule has 3 rings (SSSR count). The van der Waals surface area contributed by atoms with Gasteiger partial charge in [0.05, 0.1) is 10.7 Å². The van der Waals surface area contributed by atoms with Crippen molar-refractivity contribution >= 4 is 40.7 Å². The van der Waals surface area contributed by atoms with Gasteiger partial charge in [-0.15, -0.1) is 0 Å². The zero-order valence-electron chi connectivity index (χ0n) is 15.4. The van der Waals surface area contributed by atoms with Gasteiger partial charge in [0.2, 0.25) is 0 Å². The second-order valence-electron chi connectivity index (χ2n) is 5.90. The Labute approximate surface area is 171 Å². The van der Waals surface area contributed by atoms with Crippen LogP contribution in [0.15, 0.2) is 36.7 Å². The fourth-order valence-corrected chi connectivity index (χ4v) is 2.75. The standard InChI is InChI=1S/C18H18Cl2N6O2/c1-10-7-16(26(25-10)15-8-14(21-3)22-9-23-15)24-18(27)11(2)28-13-6-4-5-12(19)17(13)20/h4-9,11H,1-3H3,(H,24,27)(H,21,22,23)/t11-/m0/s1. The third kappa shape index (κ3) is 4.35. The van der Waals surface area contributed by atoms with Crippen LogP contribution in [0.4, 0.5) is 11.6 Å². The van der Waals surface area contributed by atoms with E-state index in [1.165, 1.54) is 11.0 Å². The summed E-state index contributed by atoms with van der Waals surface area (Å²) in [6.45, 7) is 3.43. The summed E-state index contributed by atoms with van der Waals surface area (Å²) in [7, 11) is 1.75. The van der Waals surface area contributed by atoms with Crippen LogP contribution < -0.4 is 15.4 Å². The smallest absolute Gasteiger partial charge is 0.266 e. The second-order valence-corrected chi connectivity index (χ2v) is 6.68. The molecule has 0 aliphatic carbocycles. The number of nitrogens with one attached hydrogen (secondary N) is 2. The van der Waals surface area contributed by atoms with Gasteiger partial charge in [-0.25, -0.2) is 9.97 Å². The van der Waals surface area contributed by atoms with Gasteiger partial charge in [-0.1, -0.05) is 29.3 Å². The van der Waals surface area contributed by atoms with E-state index < -0.39 is 6.10 Å². The van der Waals surface area contributed by atoms with Gasteiger partial charge >= 0.3 is 0 Å². The highest BCUT2D eigenvalue weighted by Gasteiger charge is 2.20. The highest BCUT2D eigenvalue weighted by Crippen LogP contribution is 2.32. The Kier molecular flexibility index (Phi) is 6.01. The third-order valence-electron chi connectivity index (χ3n) is 3.80. The van der Waals surface area contributed by atoms with E-state index >= 15 is 0 Å². The van der Waals surface area contributed by atoms with Crippen molar-refractivity contribution in [2.75, 3.05) is 17.7 Å². The molecule has 28 heavy (non-hydrogen) atoms. The molecule has 8 nitrogen and oxygen atoms in total. The van der Waals surface area contributed by atoms with Gasteiger partial charge in [0, 0.05) is 19.2 Å². The summed E-state index contributed by atoms with van der Waals surface area (Å²) < 4.78 is 7.18. The van der Waals surface area contributed by atoms with Gasteiger partial charge in [-0.05, 0) is 26.0 Å². The maximum atomic E-state index is 12.6. The van der Waals surface area contributed by atoms with Crippen molar-refractivity contribution in [3.8, 4) is 11.6 Å². The van der Waals surface area contributed by atoms with Crippen molar-refractivity contribution in [3.63, 3.8) is 0 Å². The number of hydrogen-bond donors (Lipinski definition) is 2. The summed E-state index contributed by atoms with van der Waals surface area (Å²) in [5.41, 5.74) is 0.714. The zero-order chi connectivity index (χ0) is 20.3. The number of amides is 1. The van der Waals surface area contributed by atoms with Crippen LogP contribution in [0.1, 0.15) is 12.6 Å². The summed E-state index contributed by atoms with van der Waals surface area (Å²) in [6, 6.07) is 8.43. The molecule has 10 heteroatoms. The van der Waals surface area contributed by atoms with Crippen molar-refractivity contribution in [3.05, 3.63) is 52.4 Å². The highest BCUT2D eigenvalue weighted by molar-refractivity contribution is 6.42. The number of halogens is 2. The molecular formula is C18H18Cl2N6O2. The molecule has 0 unspecified atom stereocenters. The number of rotatable bonds is 6. The van der Waals surface area contributed by atoms with Crippen LogP contribution in [0.2, 0.25) is 10.0 Å². The quantitative estimate of drug-likeness (QED) is 0.630. The second kappa shape index (κ2) is 8.45. The first kappa shape index (κ1) is 19.9. The summed E-state index contributed by atoms with van der Waals surface area (Å²) in [5.74, 6) is 1.55. The fourth-order valence-electron chi connectivity index (χ4n) is 2.41. The Morgan fingerprint density at radius 2 is 2.04 bits per heavy atom. The van der Waals surface area contributed by atoms with Crippen molar-refractivity contribution in [1.29, 1.82) is 0 Å². The minimum atomic E-state index is -0.821. The van der Waals surface area contributed by atoms with E-state index in [0.717, 1.165) is 0 Å². The summed E-state index contributed by atoms with van der Waals surface area (Å²) in [6.07, 6.45) is 0.592. The van der Waals surface area contributed by atoms with Crippen LogP contribution in [-0.2, 0) is 4.79 Å². The van der Waals surface area contributed by atoms with Gasteiger partial charge in [-0.2, -0.15) is 9.78 Å². The molecule has 0 radical (unpaired) electrons. The maximum absolute atomic E-state index is 12.6. The van der Waals surface area contributed by atoms with E-state index in [0.29, 0.717) is 33.9 Å². The lowest BCUT2D eigenvalue weighted by Crippen LogP contribution is -2.31. The van der Waals surface area contributed by atoms with E-state index in [-0.39, 0.29) is 10.9 Å². The third-order valence-corrected chi connectivity index (χ3v) is 4.60. The predicted octanol–water partition coefficient (Wildman–Crippen LogP) is 3.73. The molecule has 2 aromatic heterocycles. The van der Waals surface area contributed by atoms with Crippen molar-refractivity contribution in [2.24, 2.45) is 0 Å². The first-order chi connectivity index (χ1) is 13.4. The van der Waals surface area contributed by atoms with Gasteiger partial charge in [0.1, 0.15) is 28.7 Å². The van der Waals surface area contributed by atoms with E-state index in [9.17, 15) is 4.79 Å². The van der Waals surface area contributed by atoms with Crippen molar-refractivity contribution in [1.82, 2.24) is 19.7 Å². The number of carbonyl (C=O) groups is 1. The average Bonchev–Trinajstić information content (AvgIpc) is 3.05. The number of hydrogen-bond acceptors (Lipinski definition) is 6. The molecule has 146 valence electrons. The summed E-state index contributed by atoms with van der Waals surface area (Å²) in [4.78, 5) is 20.9. The molecule has 1 atom stereocenters. The number of aryl methyl sites for hydroxylation is 1. The van der Waals surface area contributed by atoms with Crippen LogP contribution in [0.3, 0.4) is 0 Å². The predicted molar refractivity (Wildman–Crippen MR) is 109 cm³/mol. The monoisotopic (exact) mass is 420 g/mol. The van der Waals surface area contributed by atoms with E-state index in [4.69, 9.17) is 27.9 Å². The van der Waals surface area contributed by atoms with Gasteiger partial charge in [0.15, 0.2) is 11.9 Å². The summed E-state index contributed by atoms with van der Waals surface area (Å²) >= 11 is 12.1. The molecule has 1 amide bonds. The average molecular weight is 421 g/mol. The van der Waals surface area contributed by atoms with Crippen LogP contribution in [-0.4, -0.2) is 38.8 Å². The topological polar surface area (TPSA) is 94.0 Å². The lowest BCUT2D eigenvalue weighted by molar-refractivity contribution is -0.122. The van der Waals surface area contributed by atoms with Crippen LogP contribution in [0.25, 0.3) is 5.82 Å². The minimum absolute atomic E-state index is 0.255. The number of nitrogens with zero attached hydrogens (tertiary/aromatic N) is 4. The van der Waals surface area contributed by atoms with E-state index in [2.05, 4.69) is 25.7 Å². The molecule has 0 fully saturated rings. The number of carbonyl (C=O) groups excluding carboxylic acids is 1. The van der Waals surface area contributed by atoms with Crippen molar-refractivity contribution < 1.29 is 9.53 Å². The Bertz CT molecular complexity index is 1010. The van der Waals surface area contributed by atoms with E-state index in [1.54, 1.807) is 44.3 Å². The molecule has 3 aromatic rings. The molecular weight excluding hydrogens is 403 g/mol. The lowest BCUT2D eigenvalue weighted by atomic mass is 10.3. The molecule has 2 N–H and O–H groups in total. The Morgan fingerprint density at radius 3 is 2.79 bits per heavy atom. The largest absolute Gasteiger partial charge is 0.479 e. The molecule has 2 heterocycles. The highest BCUT2D eigenvalue weighted by atomic mass is 35.5.